The highest BCUT2D eigenvalue weighted by Gasteiger charge is 2.32. The number of rotatable bonds is 2. The number of carbonyl (C=O) groups excluding carboxylic acids is 1. The predicted octanol–water partition coefficient (Wildman–Crippen LogP) is 2.65. The summed E-state index contributed by atoms with van der Waals surface area (Å²) in [7, 11) is 0. The number of hydrogen-bond acceptors (Lipinski definition) is 4. The van der Waals surface area contributed by atoms with E-state index in [1.807, 2.05) is 35.2 Å². The van der Waals surface area contributed by atoms with Gasteiger partial charge in [0.2, 0.25) is 5.76 Å². The van der Waals surface area contributed by atoms with Gasteiger partial charge in [0.15, 0.2) is 0 Å². The maximum Gasteiger partial charge on any atom is 0.292 e. The number of benzene rings is 1. The van der Waals surface area contributed by atoms with Gasteiger partial charge in [-0.2, -0.15) is 0 Å². The number of carbonyl (C=O) groups is 1. The molecule has 5 nitrogen and oxygen atoms in total. The van der Waals surface area contributed by atoms with Gasteiger partial charge < -0.3 is 9.42 Å². The zero-order chi connectivity index (χ0) is 15.6. The number of hydrogen-bond donors (Lipinski definition) is 0. The summed E-state index contributed by atoms with van der Waals surface area (Å²) < 4.78 is 5.32. The van der Waals surface area contributed by atoms with Crippen molar-refractivity contribution in [2.24, 2.45) is 0 Å². The van der Waals surface area contributed by atoms with E-state index in [1.54, 1.807) is 6.07 Å². The highest BCUT2D eigenvalue weighted by atomic mass is 16.5. The molecule has 2 aliphatic rings. The molecule has 3 heterocycles. The van der Waals surface area contributed by atoms with Crippen LogP contribution in [-0.4, -0.2) is 53.1 Å². The largest absolute Gasteiger partial charge is 0.350 e. The summed E-state index contributed by atoms with van der Waals surface area (Å²) in [4.78, 5) is 17.1. The van der Waals surface area contributed by atoms with Gasteiger partial charge in [0.05, 0.1) is 0 Å². The second kappa shape index (κ2) is 6.16. The molecular weight excluding hydrogens is 290 g/mol. The second-order valence-electron chi connectivity index (χ2n) is 6.38. The molecule has 0 saturated carbocycles. The normalized spacial score (nSPS) is 21.9. The van der Waals surface area contributed by atoms with E-state index in [0.29, 0.717) is 17.5 Å². The van der Waals surface area contributed by atoms with Gasteiger partial charge >= 0.3 is 0 Å². The molecule has 4 rings (SSSR count). The van der Waals surface area contributed by atoms with Crippen molar-refractivity contribution in [3.63, 3.8) is 0 Å². The van der Waals surface area contributed by atoms with Gasteiger partial charge in [-0.3, -0.25) is 9.69 Å². The molecule has 1 unspecified atom stereocenters. The zero-order valence-electron chi connectivity index (χ0n) is 13.1. The molecule has 1 atom stereocenters. The van der Waals surface area contributed by atoms with Crippen molar-refractivity contribution in [1.82, 2.24) is 15.0 Å². The lowest BCUT2D eigenvalue weighted by atomic mass is 9.99. The number of amides is 1. The van der Waals surface area contributed by atoms with Gasteiger partial charge in [0.25, 0.3) is 5.91 Å². The summed E-state index contributed by atoms with van der Waals surface area (Å²) in [6.45, 7) is 3.72. The fourth-order valence-electron chi connectivity index (χ4n) is 3.62. The summed E-state index contributed by atoms with van der Waals surface area (Å²) in [6.07, 6.45) is 3.74. The van der Waals surface area contributed by atoms with Crippen LogP contribution in [0.3, 0.4) is 0 Å². The Kier molecular flexibility index (Phi) is 3.87. The van der Waals surface area contributed by atoms with Crippen LogP contribution in [0, 0.1) is 0 Å². The van der Waals surface area contributed by atoms with Crippen LogP contribution in [0.5, 0.6) is 0 Å². The van der Waals surface area contributed by atoms with Gasteiger partial charge in [0.1, 0.15) is 5.69 Å². The lowest BCUT2D eigenvalue weighted by molar-refractivity contribution is 0.0344. The van der Waals surface area contributed by atoms with Crippen LogP contribution in [0.4, 0.5) is 0 Å². The Morgan fingerprint density at radius 2 is 2.00 bits per heavy atom. The molecule has 23 heavy (non-hydrogen) atoms. The van der Waals surface area contributed by atoms with Gasteiger partial charge in [-0.25, -0.2) is 0 Å². The number of piperidine rings is 1. The summed E-state index contributed by atoms with van der Waals surface area (Å²) in [6, 6.07) is 12.1. The molecule has 120 valence electrons. The van der Waals surface area contributed by atoms with E-state index in [-0.39, 0.29) is 5.91 Å². The van der Waals surface area contributed by atoms with E-state index in [2.05, 4.69) is 10.1 Å². The molecule has 0 spiro atoms. The van der Waals surface area contributed by atoms with Crippen molar-refractivity contribution >= 4 is 5.91 Å². The van der Waals surface area contributed by atoms with Crippen LogP contribution < -0.4 is 0 Å². The van der Waals surface area contributed by atoms with Gasteiger partial charge in [-0.15, -0.1) is 0 Å². The molecule has 2 fully saturated rings. The van der Waals surface area contributed by atoms with E-state index in [1.165, 1.54) is 25.8 Å². The van der Waals surface area contributed by atoms with E-state index < -0.39 is 0 Å². The van der Waals surface area contributed by atoms with Crippen molar-refractivity contribution in [1.29, 1.82) is 0 Å². The van der Waals surface area contributed by atoms with Gasteiger partial charge in [-0.05, 0) is 19.4 Å². The molecule has 1 aromatic carbocycles. The summed E-state index contributed by atoms with van der Waals surface area (Å²) in [5, 5.41) is 4.05. The minimum atomic E-state index is -0.0371. The maximum absolute atomic E-state index is 12.7. The SMILES string of the molecule is O=C(c1cc(-c2ccccc2)no1)N1CCN2CCCCC2C1. The Labute approximate surface area is 135 Å². The second-order valence-corrected chi connectivity index (χ2v) is 6.38. The Morgan fingerprint density at radius 3 is 2.87 bits per heavy atom. The quantitative estimate of drug-likeness (QED) is 0.855. The third kappa shape index (κ3) is 2.88. The maximum atomic E-state index is 12.7. The average molecular weight is 311 g/mol. The topological polar surface area (TPSA) is 49.6 Å². The molecule has 1 amide bonds. The number of piperazine rings is 1. The Hall–Kier alpha value is -2.14. The van der Waals surface area contributed by atoms with E-state index in [4.69, 9.17) is 4.52 Å². The van der Waals surface area contributed by atoms with Crippen molar-refractivity contribution in [2.45, 2.75) is 25.3 Å². The molecule has 1 aromatic heterocycles. The lowest BCUT2D eigenvalue weighted by Gasteiger charge is -2.43. The van der Waals surface area contributed by atoms with Crippen LogP contribution >= 0.6 is 0 Å². The molecule has 2 aliphatic heterocycles. The monoisotopic (exact) mass is 311 g/mol. The van der Waals surface area contributed by atoms with Crippen LogP contribution in [0.1, 0.15) is 29.8 Å². The van der Waals surface area contributed by atoms with E-state index >= 15 is 0 Å². The van der Waals surface area contributed by atoms with Gasteiger partial charge in [-0.1, -0.05) is 41.9 Å². The van der Waals surface area contributed by atoms with Gasteiger partial charge in [0, 0.05) is 37.3 Å². The Bertz CT molecular complexity index is 683. The Balaban J connectivity index is 1.48. The average Bonchev–Trinajstić information content (AvgIpc) is 3.11. The summed E-state index contributed by atoms with van der Waals surface area (Å²) in [5.41, 5.74) is 1.68. The molecule has 0 radical (unpaired) electrons. The number of aromatic nitrogens is 1. The van der Waals surface area contributed by atoms with Crippen LogP contribution in [0.15, 0.2) is 40.9 Å². The third-order valence-electron chi connectivity index (χ3n) is 4.92. The highest BCUT2D eigenvalue weighted by molar-refractivity contribution is 5.92. The molecule has 2 aromatic rings. The fraction of sp³-hybridized carbons (Fsp3) is 0.444. The molecule has 0 aliphatic carbocycles. The standard InChI is InChI=1S/C18H21N3O2/c22-18(21-11-10-20-9-5-4-8-15(20)13-21)17-12-16(19-23-17)14-6-2-1-3-7-14/h1-3,6-7,12,15H,4-5,8-11,13H2. The molecule has 5 heteroatoms. The molecule has 0 bridgehead atoms. The zero-order valence-corrected chi connectivity index (χ0v) is 13.1. The Morgan fingerprint density at radius 1 is 1.13 bits per heavy atom. The first kappa shape index (κ1) is 14.5. The smallest absolute Gasteiger partial charge is 0.292 e. The molecule has 2 saturated heterocycles. The summed E-state index contributed by atoms with van der Waals surface area (Å²) >= 11 is 0. The number of fused-ring (bicyclic) bond motifs is 1. The molecular formula is C18H21N3O2. The van der Waals surface area contributed by atoms with Crippen LogP contribution in [0.2, 0.25) is 0 Å². The lowest BCUT2D eigenvalue weighted by Crippen LogP contribution is -2.56. The van der Waals surface area contributed by atoms with E-state index in [0.717, 1.165) is 25.2 Å². The van der Waals surface area contributed by atoms with E-state index in [9.17, 15) is 4.79 Å². The highest BCUT2D eigenvalue weighted by Crippen LogP contribution is 2.24. The first-order valence-corrected chi connectivity index (χ1v) is 8.37. The van der Waals surface area contributed by atoms with Crippen molar-refractivity contribution < 1.29 is 9.32 Å². The van der Waals surface area contributed by atoms with Crippen molar-refractivity contribution in [3.05, 3.63) is 42.2 Å². The van der Waals surface area contributed by atoms with Crippen LogP contribution in [-0.2, 0) is 0 Å². The number of nitrogens with zero attached hydrogens (tertiary/aromatic N) is 3. The minimum Gasteiger partial charge on any atom is -0.350 e. The van der Waals surface area contributed by atoms with Crippen molar-refractivity contribution in [3.8, 4) is 11.3 Å². The fourth-order valence-corrected chi connectivity index (χ4v) is 3.62. The first-order chi connectivity index (χ1) is 11.3. The summed E-state index contributed by atoms with van der Waals surface area (Å²) in [5.74, 6) is 0.304. The van der Waals surface area contributed by atoms with Crippen molar-refractivity contribution in [2.75, 3.05) is 26.2 Å². The third-order valence-corrected chi connectivity index (χ3v) is 4.92. The first-order valence-electron chi connectivity index (χ1n) is 8.37. The minimum absolute atomic E-state index is 0.0371. The van der Waals surface area contributed by atoms with Crippen LogP contribution in [0.25, 0.3) is 11.3 Å². The molecule has 0 N–H and O–H groups in total. The predicted molar refractivity (Wildman–Crippen MR) is 87.1 cm³/mol.